The van der Waals surface area contributed by atoms with Crippen LogP contribution in [0.5, 0.6) is 0 Å². The van der Waals surface area contributed by atoms with Crippen molar-refractivity contribution in [3.8, 4) is 0 Å². The lowest BCUT2D eigenvalue weighted by atomic mass is 10.1. The van der Waals surface area contributed by atoms with E-state index in [-0.39, 0.29) is 17.4 Å². The minimum Gasteiger partial charge on any atom is -0.351 e. The van der Waals surface area contributed by atoms with Gasteiger partial charge in [0.25, 0.3) is 0 Å². The van der Waals surface area contributed by atoms with Gasteiger partial charge in [0.1, 0.15) is 0 Å². The first-order chi connectivity index (χ1) is 7.10. The van der Waals surface area contributed by atoms with Crippen LogP contribution in [0.3, 0.4) is 0 Å². The molecular weight excluding hydrogens is 204 g/mol. The summed E-state index contributed by atoms with van der Waals surface area (Å²) in [5.41, 5.74) is 10.9. The Kier molecular flexibility index (Phi) is 9.12. The normalized spacial score (nSPS) is 12.4. The highest BCUT2D eigenvalue weighted by Crippen LogP contribution is 2.04. The Labute approximate surface area is 101 Å². The average Bonchev–Trinajstić information content (AvgIpc) is 2.12. The Hall–Kier alpha value is -0.160. The molecule has 16 heavy (non-hydrogen) atoms. The summed E-state index contributed by atoms with van der Waals surface area (Å²) < 4.78 is 10.8. The van der Waals surface area contributed by atoms with E-state index in [1.807, 2.05) is 48.5 Å². The van der Waals surface area contributed by atoms with E-state index in [4.69, 9.17) is 20.9 Å². The van der Waals surface area contributed by atoms with Gasteiger partial charge in [-0.15, -0.1) is 0 Å². The molecule has 0 aromatic heterocycles. The number of nitrogens with two attached hydrogens (primary N) is 2. The molecule has 0 atom stereocenters. The van der Waals surface area contributed by atoms with Gasteiger partial charge in [0.15, 0.2) is 6.29 Å². The van der Waals surface area contributed by atoms with E-state index in [0.29, 0.717) is 13.2 Å². The van der Waals surface area contributed by atoms with Gasteiger partial charge in [-0.1, -0.05) is 13.8 Å². The molecule has 0 radical (unpaired) electrons. The van der Waals surface area contributed by atoms with Gasteiger partial charge in [-0.3, -0.25) is 0 Å². The van der Waals surface area contributed by atoms with Crippen LogP contribution in [0, 0.1) is 0 Å². The van der Waals surface area contributed by atoms with Crippen LogP contribution < -0.4 is 11.5 Å². The van der Waals surface area contributed by atoms with Crippen molar-refractivity contribution in [2.24, 2.45) is 11.5 Å². The molecule has 0 rings (SSSR count). The van der Waals surface area contributed by atoms with E-state index < -0.39 is 0 Å². The molecule has 0 aromatic carbocycles. The quantitative estimate of drug-likeness (QED) is 0.688. The highest BCUT2D eigenvalue weighted by molar-refractivity contribution is 4.71. The maximum Gasteiger partial charge on any atom is 0.154 e. The first-order valence-corrected chi connectivity index (χ1v) is 5.91. The van der Waals surface area contributed by atoms with Gasteiger partial charge in [0.05, 0.1) is 13.2 Å². The van der Waals surface area contributed by atoms with Crippen LogP contribution in [0.25, 0.3) is 0 Å². The summed E-state index contributed by atoms with van der Waals surface area (Å²) in [6, 6.07) is 0. The number of hydrogen-bond acceptors (Lipinski definition) is 4. The molecule has 0 heterocycles. The van der Waals surface area contributed by atoms with Gasteiger partial charge in [-0.25, -0.2) is 0 Å². The highest BCUT2D eigenvalue weighted by atomic mass is 16.7. The summed E-state index contributed by atoms with van der Waals surface area (Å²) in [4.78, 5) is 0. The maximum atomic E-state index is 5.76. The summed E-state index contributed by atoms with van der Waals surface area (Å²) in [7, 11) is 0. The van der Waals surface area contributed by atoms with Crippen molar-refractivity contribution in [2.45, 2.75) is 65.8 Å². The SMILES string of the molecule is CC.CC(OCC(C)(C)N)OCC(C)(C)N. The molecule has 0 saturated heterocycles. The zero-order valence-electron chi connectivity index (χ0n) is 12.0. The smallest absolute Gasteiger partial charge is 0.154 e. The molecule has 4 heteroatoms. The fraction of sp³-hybridized carbons (Fsp3) is 1.00. The lowest BCUT2D eigenvalue weighted by molar-refractivity contribution is -0.146. The fourth-order valence-corrected chi connectivity index (χ4v) is 0.712. The Balaban J connectivity index is 0. The van der Waals surface area contributed by atoms with E-state index in [9.17, 15) is 0 Å². The van der Waals surface area contributed by atoms with Crippen LogP contribution in [0.2, 0.25) is 0 Å². The molecule has 0 unspecified atom stereocenters. The molecule has 100 valence electrons. The largest absolute Gasteiger partial charge is 0.351 e. The maximum absolute atomic E-state index is 5.76. The van der Waals surface area contributed by atoms with E-state index in [0.717, 1.165) is 0 Å². The Morgan fingerprint density at radius 2 is 1.12 bits per heavy atom. The van der Waals surface area contributed by atoms with Crippen molar-refractivity contribution in [1.82, 2.24) is 0 Å². The minimum absolute atomic E-state index is 0.263. The van der Waals surface area contributed by atoms with Gasteiger partial charge in [-0.05, 0) is 34.6 Å². The molecule has 0 saturated carbocycles. The van der Waals surface area contributed by atoms with Gasteiger partial charge < -0.3 is 20.9 Å². The standard InChI is InChI=1S/C10H24N2O2.C2H6/c1-8(13-6-9(2,3)11)14-7-10(4,5)12;1-2/h8H,6-7,11-12H2,1-5H3;1-2H3. The van der Waals surface area contributed by atoms with Gasteiger partial charge in [-0.2, -0.15) is 0 Å². The molecule has 0 aromatic rings. The molecule has 0 aliphatic carbocycles. The van der Waals surface area contributed by atoms with Crippen LogP contribution in [-0.4, -0.2) is 30.6 Å². The number of ether oxygens (including phenoxy) is 2. The van der Waals surface area contributed by atoms with Crippen LogP contribution in [0.4, 0.5) is 0 Å². The zero-order chi connectivity index (χ0) is 13.4. The first-order valence-electron chi connectivity index (χ1n) is 5.91. The third kappa shape index (κ3) is 16.3. The van der Waals surface area contributed by atoms with E-state index in [1.54, 1.807) is 0 Å². The predicted molar refractivity (Wildman–Crippen MR) is 69.2 cm³/mol. The van der Waals surface area contributed by atoms with Crippen LogP contribution >= 0.6 is 0 Å². The van der Waals surface area contributed by atoms with Crippen LogP contribution in [0.1, 0.15) is 48.5 Å². The lowest BCUT2D eigenvalue weighted by Crippen LogP contribution is -2.41. The van der Waals surface area contributed by atoms with Crippen LogP contribution in [0.15, 0.2) is 0 Å². The zero-order valence-corrected chi connectivity index (χ0v) is 12.0. The summed E-state index contributed by atoms with van der Waals surface area (Å²) in [6.07, 6.45) is -0.263. The van der Waals surface area contributed by atoms with E-state index in [1.165, 1.54) is 0 Å². The molecule has 0 bridgehead atoms. The van der Waals surface area contributed by atoms with Crippen molar-refractivity contribution in [3.05, 3.63) is 0 Å². The van der Waals surface area contributed by atoms with E-state index >= 15 is 0 Å². The second kappa shape index (κ2) is 8.01. The Bertz CT molecular complexity index is 141. The Morgan fingerprint density at radius 3 is 1.31 bits per heavy atom. The van der Waals surface area contributed by atoms with Crippen molar-refractivity contribution in [1.29, 1.82) is 0 Å². The summed E-state index contributed by atoms with van der Waals surface area (Å²) in [6.45, 7) is 14.4. The molecule has 0 spiro atoms. The predicted octanol–water partition coefficient (Wildman–Crippen LogP) is 1.87. The molecular formula is C12H30N2O2. The molecule has 0 aliphatic heterocycles. The van der Waals surface area contributed by atoms with Gasteiger partial charge in [0.2, 0.25) is 0 Å². The van der Waals surface area contributed by atoms with Crippen molar-refractivity contribution >= 4 is 0 Å². The van der Waals surface area contributed by atoms with Crippen LogP contribution in [-0.2, 0) is 9.47 Å². The number of rotatable bonds is 6. The highest BCUT2D eigenvalue weighted by Gasteiger charge is 2.16. The third-order valence-electron chi connectivity index (χ3n) is 1.38. The van der Waals surface area contributed by atoms with Gasteiger partial charge >= 0.3 is 0 Å². The summed E-state index contributed by atoms with van der Waals surface area (Å²) >= 11 is 0. The monoisotopic (exact) mass is 234 g/mol. The van der Waals surface area contributed by atoms with Crippen molar-refractivity contribution < 1.29 is 9.47 Å². The van der Waals surface area contributed by atoms with Crippen molar-refractivity contribution in [2.75, 3.05) is 13.2 Å². The first kappa shape index (κ1) is 18.2. The van der Waals surface area contributed by atoms with Gasteiger partial charge in [0, 0.05) is 11.1 Å². The number of hydrogen-bond donors (Lipinski definition) is 2. The topological polar surface area (TPSA) is 70.5 Å². The average molecular weight is 234 g/mol. The summed E-state index contributed by atoms with van der Waals surface area (Å²) in [5, 5.41) is 0. The molecule has 0 amide bonds. The summed E-state index contributed by atoms with van der Waals surface area (Å²) in [5.74, 6) is 0. The lowest BCUT2D eigenvalue weighted by Gasteiger charge is -2.25. The molecule has 0 aliphatic rings. The van der Waals surface area contributed by atoms with E-state index in [2.05, 4.69) is 0 Å². The third-order valence-corrected chi connectivity index (χ3v) is 1.38. The molecule has 0 fully saturated rings. The van der Waals surface area contributed by atoms with Crippen molar-refractivity contribution in [3.63, 3.8) is 0 Å². The molecule has 4 N–H and O–H groups in total. The molecule has 4 nitrogen and oxygen atoms in total. The Morgan fingerprint density at radius 1 is 0.875 bits per heavy atom. The second-order valence-electron chi connectivity index (χ2n) is 5.17. The fourth-order valence-electron chi connectivity index (χ4n) is 0.712. The second-order valence-corrected chi connectivity index (χ2v) is 5.17. The minimum atomic E-state index is -0.324.